The van der Waals surface area contributed by atoms with E-state index in [1.807, 2.05) is 0 Å². The van der Waals surface area contributed by atoms with Crippen LogP contribution in [0.1, 0.15) is 38.5 Å². The second kappa shape index (κ2) is 9.50. The first-order valence-electron chi connectivity index (χ1n) is 8.57. The third-order valence-corrected chi connectivity index (χ3v) is 4.31. The molecule has 0 aromatic rings. The quantitative estimate of drug-likeness (QED) is 0.754. The van der Waals surface area contributed by atoms with E-state index in [1.54, 1.807) is 9.80 Å². The summed E-state index contributed by atoms with van der Waals surface area (Å²) in [6, 6.07) is 0. The lowest BCUT2D eigenvalue weighted by atomic mass is 10.1. The Kier molecular flexibility index (Phi) is 7.32. The average Bonchev–Trinajstić information content (AvgIpc) is 2.61. The number of hydrogen-bond donors (Lipinski definition) is 1. The third kappa shape index (κ3) is 6.17. The monoisotopic (exact) mass is 325 g/mol. The van der Waals surface area contributed by atoms with Crippen LogP contribution in [-0.2, 0) is 19.1 Å². The van der Waals surface area contributed by atoms with Gasteiger partial charge in [-0.1, -0.05) is 0 Å². The summed E-state index contributed by atoms with van der Waals surface area (Å²) in [4.78, 5) is 39.0. The minimum absolute atomic E-state index is 0.00225. The highest BCUT2D eigenvalue weighted by Gasteiger charge is 2.18. The zero-order chi connectivity index (χ0) is 16.5. The summed E-state index contributed by atoms with van der Waals surface area (Å²) < 4.78 is 5.16. The maximum Gasteiger partial charge on any atom is 0.248 e. The van der Waals surface area contributed by atoms with Crippen molar-refractivity contribution < 1.29 is 19.1 Å². The van der Waals surface area contributed by atoms with E-state index < -0.39 is 0 Å². The van der Waals surface area contributed by atoms with Gasteiger partial charge in [0.25, 0.3) is 0 Å². The minimum Gasteiger partial charge on any atom is -0.362 e. The van der Waals surface area contributed by atoms with Gasteiger partial charge in [0.15, 0.2) is 0 Å². The van der Waals surface area contributed by atoms with Crippen LogP contribution in [0.4, 0.5) is 0 Å². The van der Waals surface area contributed by atoms with E-state index in [4.69, 9.17) is 4.74 Å². The molecule has 0 spiro atoms. The van der Waals surface area contributed by atoms with Crippen LogP contribution in [0.5, 0.6) is 0 Å². The Hall–Kier alpha value is -1.63. The molecule has 7 heteroatoms. The molecule has 0 radical (unpaired) electrons. The van der Waals surface area contributed by atoms with Crippen molar-refractivity contribution in [2.75, 3.05) is 45.9 Å². The van der Waals surface area contributed by atoms with Gasteiger partial charge < -0.3 is 19.9 Å². The topological polar surface area (TPSA) is 79.0 Å². The predicted molar refractivity (Wildman–Crippen MR) is 84.7 cm³/mol. The minimum atomic E-state index is -0.359. The third-order valence-electron chi connectivity index (χ3n) is 4.31. The van der Waals surface area contributed by atoms with E-state index in [9.17, 15) is 14.4 Å². The highest BCUT2D eigenvalue weighted by Crippen LogP contribution is 2.09. The largest absolute Gasteiger partial charge is 0.362 e. The fourth-order valence-electron chi connectivity index (χ4n) is 2.95. The summed E-state index contributed by atoms with van der Waals surface area (Å²) in [7, 11) is 0. The standard InChI is InChI=1S/C16H27N3O4/c20-14(17-11-15(21)18-7-3-1-4-8-18)12-23-13-16(22)19-9-5-2-6-10-19/h1-13H2,(H,17,20). The molecule has 0 aliphatic carbocycles. The molecule has 2 saturated heterocycles. The number of nitrogens with one attached hydrogen (secondary N) is 1. The van der Waals surface area contributed by atoms with E-state index in [-0.39, 0.29) is 37.5 Å². The predicted octanol–water partition coefficient (Wildman–Crippen LogP) is 0.144. The molecule has 2 aliphatic heterocycles. The van der Waals surface area contributed by atoms with E-state index in [2.05, 4.69) is 5.32 Å². The molecular formula is C16H27N3O4. The van der Waals surface area contributed by atoms with E-state index >= 15 is 0 Å². The number of carbonyl (C=O) groups is 3. The Morgan fingerprint density at radius 2 is 1.26 bits per heavy atom. The first kappa shape index (κ1) is 17.7. The molecule has 7 nitrogen and oxygen atoms in total. The van der Waals surface area contributed by atoms with Gasteiger partial charge in [0, 0.05) is 26.2 Å². The van der Waals surface area contributed by atoms with Crippen molar-refractivity contribution in [1.29, 1.82) is 0 Å². The Morgan fingerprint density at radius 3 is 1.83 bits per heavy atom. The molecule has 130 valence electrons. The zero-order valence-corrected chi connectivity index (χ0v) is 13.7. The summed E-state index contributed by atoms with van der Waals surface area (Å²) in [6.45, 7) is 2.84. The van der Waals surface area contributed by atoms with Crippen LogP contribution in [0.25, 0.3) is 0 Å². The van der Waals surface area contributed by atoms with Crippen molar-refractivity contribution in [2.24, 2.45) is 0 Å². The molecule has 2 fully saturated rings. The van der Waals surface area contributed by atoms with Crippen molar-refractivity contribution >= 4 is 17.7 Å². The van der Waals surface area contributed by atoms with Gasteiger partial charge in [-0.15, -0.1) is 0 Å². The SMILES string of the molecule is O=C(COCC(=O)N1CCCCC1)NCC(=O)N1CCCCC1. The molecule has 1 N–H and O–H groups in total. The van der Waals surface area contributed by atoms with Crippen LogP contribution in [0.3, 0.4) is 0 Å². The van der Waals surface area contributed by atoms with Crippen LogP contribution < -0.4 is 5.32 Å². The van der Waals surface area contributed by atoms with E-state index in [0.717, 1.165) is 64.7 Å². The normalized spacial score (nSPS) is 18.6. The van der Waals surface area contributed by atoms with Gasteiger partial charge in [-0.3, -0.25) is 14.4 Å². The number of hydrogen-bond acceptors (Lipinski definition) is 4. The number of amides is 3. The first-order valence-corrected chi connectivity index (χ1v) is 8.57. The van der Waals surface area contributed by atoms with E-state index in [1.165, 1.54) is 0 Å². The summed E-state index contributed by atoms with van der Waals surface area (Å²) in [5.41, 5.74) is 0. The molecule has 3 amide bonds. The van der Waals surface area contributed by atoms with Crippen molar-refractivity contribution in [1.82, 2.24) is 15.1 Å². The smallest absolute Gasteiger partial charge is 0.248 e. The fraction of sp³-hybridized carbons (Fsp3) is 0.812. The van der Waals surface area contributed by atoms with Gasteiger partial charge in [0.2, 0.25) is 17.7 Å². The molecule has 0 aromatic carbocycles. The lowest BCUT2D eigenvalue weighted by Gasteiger charge is -2.27. The molecule has 0 bridgehead atoms. The number of nitrogens with zero attached hydrogens (tertiary/aromatic N) is 2. The second-order valence-corrected chi connectivity index (χ2v) is 6.15. The van der Waals surface area contributed by atoms with E-state index in [0.29, 0.717) is 0 Å². The van der Waals surface area contributed by atoms with Crippen molar-refractivity contribution in [3.8, 4) is 0 Å². The van der Waals surface area contributed by atoms with Crippen LogP contribution in [0, 0.1) is 0 Å². The Morgan fingerprint density at radius 1 is 0.739 bits per heavy atom. The highest BCUT2D eigenvalue weighted by atomic mass is 16.5. The molecule has 0 aromatic heterocycles. The lowest BCUT2D eigenvalue weighted by molar-refractivity contribution is -0.140. The maximum atomic E-state index is 11.9. The molecule has 2 heterocycles. The second-order valence-electron chi connectivity index (χ2n) is 6.15. The van der Waals surface area contributed by atoms with Gasteiger partial charge in [0.05, 0.1) is 6.54 Å². The summed E-state index contributed by atoms with van der Waals surface area (Å²) in [5.74, 6) is -0.480. The Bertz CT molecular complexity index is 416. The number of piperidine rings is 2. The Labute approximate surface area is 137 Å². The molecule has 0 atom stereocenters. The van der Waals surface area contributed by atoms with Gasteiger partial charge in [-0.05, 0) is 38.5 Å². The van der Waals surface area contributed by atoms with Crippen molar-refractivity contribution in [2.45, 2.75) is 38.5 Å². The molecule has 2 rings (SSSR count). The first-order chi connectivity index (χ1) is 11.2. The van der Waals surface area contributed by atoms with Gasteiger partial charge in [0.1, 0.15) is 13.2 Å². The maximum absolute atomic E-state index is 11.9. The van der Waals surface area contributed by atoms with Crippen molar-refractivity contribution in [3.05, 3.63) is 0 Å². The summed E-state index contributed by atoms with van der Waals surface area (Å²) in [5, 5.41) is 2.55. The Balaban J connectivity index is 1.55. The molecular weight excluding hydrogens is 298 g/mol. The van der Waals surface area contributed by atoms with Crippen LogP contribution >= 0.6 is 0 Å². The van der Waals surface area contributed by atoms with Gasteiger partial charge in [-0.25, -0.2) is 0 Å². The number of likely N-dealkylation sites (tertiary alicyclic amines) is 2. The van der Waals surface area contributed by atoms with Crippen LogP contribution in [-0.4, -0.2) is 73.5 Å². The molecule has 0 saturated carbocycles. The van der Waals surface area contributed by atoms with Gasteiger partial charge >= 0.3 is 0 Å². The zero-order valence-electron chi connectivity index (χ0n) is 13.7. The lowest BCUT2D eigenvalue weighted by Crippen LogP contribution is -2.43. The van der Waals surface area contributed by atoms with Gasteiger partial charge in [-0.2, -0.15) is 0 Å². The highest BCUT2D eigenvalue weighted by molar-refractivity contribution is 5.85. The average molecular weight is 325 g/mol. The molecule has 0 unspecified atom stereocenters. The van der Waals surface area contributed by atoms with Crippen LogP contribution in [0.2, 0.25) is 0 Å². The molecule has 23 heavy (non-hydrogen) atoms. The summed E-state index contributed by atoms with van der Waals surface area (Å²) in [6.07, 6.45) is 6.45. The fourth-order valence-corrected chi connectivity index (χ4v) is 2.95. The number of carbonyl (C=O) groups excluding carboxylic acids is 3. The van der Waals surface area contributed by atoms with Crippen molar-refractivity contribution in [3.63, 3.8) is 0 Å². The van der Waals surface area contributed by atoms with Crippen LogP contribution in [0.15, 0.2) is 0 Å². The summed E-state index contributed by atoms with van der Waals surface area (Å²) >= 11 is 0. The molecule has 2 aliphatic rings. The number of rotatable bonds is 6. The number of ether oxygens (including phenoxy) is 1.